The predicted molar refractivity (Wildman–Crippen MR) is 79.9 cm³/mol. The first-order valence-electron chi connectivity index (χ1n) is 6.27. The largest absolute Gasteiger partial charge is 0.355 e. The van der Waals surface area contributed by atoms with Crippen LogP contribution in [0.15, 0.2) is 6.07 Å². The highest BCUT2D eigenvalue weighted by Gasteiger charge is 2.15. The van der Waals surface area contributed by atoms with Crippen molar-refractivity contribution in [1.82, 2.24) is 9.97 Å². The second-order valence-electron chi connectivity index (χ2n) is 4.09. The van der Waals surface area contributed by atoms with Crippen LogP contribution in [0.1, 0.15) is 25.1 Å². The molecule has 100 valence electrons. The van der Waals surface area contributed by atoms with Crippen LogP contribution in [-0.4, -0.2) is 23.1 Å². The summed E-state index contributed by atoms with van der Waals surface area (Å²) in [6, 6.07) is 4.29. The van der Waals surface area contributed by atoms with E-state index in [1.807, 2.05) is 6.92 Å². The van der Waals surface area contributed by atoms with Gasteiger partial charge >= 0.3 is 0 Å². The average molecular weight is 295 g/mol. The zero-order chi connectivity index (χ0) is 13.8. The van der Waals surface area contributed by atoms with Gasteiger partial charge < -0.3 is 4.90 Å². The van der Waals surface area contributed by atoms with E-state index < -0.39 is 0 Å². The van der Waals surface area contributed by atoms with Gasteiger partial charge in [0.2, 0.25) is 5.28 Å². The Balaban J connectivity index is 2.50. The fourth-order valence-electron chi connectivity index (χ4n) is 1.95. The van der Waals surface area contributed by atoms with Crippen LogP contribution >= 0.6 is 22.9 Å². The van der Waals surface area contributed by atoms with E-state index >= 15 is 0 Å². The van der Waals surface area contributed by atoms with Gasteiger partial charge in [0.25, 0.3) is 0 Å². The van der Waals surface area contributed by atoms with Crippen LogP contribution in [0.4, 0.5) is 5.82 Å². The van der Waals surface area contributed by atoms with Crippen molar-refractivity contribution in [3.05, 3.63) is 16.2 Å². The lowest BCUT2D eigenvalue weighted by Gasteiger charge is -2.21. The van der Waals surface area contributed by atoms with Crippen molar-refractivity contribution in [2.24, 2.45) is 0 Å². The molecule has 0 unspecified atom stereocenters. The van der Waals surface area contributed by atoms with E-state index in [0.717, 1.165) is 29.0 Å². The van der Waals surface area contributed by atoms with Crippen molar-refractivity contribution in [3.63, 3.8) is 0 Å². The fourth-order valence-corrected chi connectivity index (χ4v) is 3.12. The number of aromatic nitrogens is 2. The molecule has 6 heteroatoms. The van der Waals surface area contributed by atoms with Crippen LogP contribution in [0.2, 0.25) is 5.28 Å². The molecule has 2 aromatic rings. The lowest BCUT2D eigenvalue weighted by Crippen LogP contribution is -2.25. The van der Waals surface area contributed by atoms with E-state index in [-0.39, 0.29) is 5.28 Å². The molecule has 0 N–H and O–H groups in total. The van der Waals surface area contributed by atoms with Crippen LogP contribution in [0.5, 0.6) is 0 Å². The normalized spacial score (nSPS) is 10.6. The molecule has 4 nitrogen and oxygen atoms in total. The first-order chi connectivity index (χ1) is 9.19. The van der Waals surface area contributed by atoms with E-state index in [0.29, 0.717) is 13.0 Å². The molecule has 0 spiro atoms. The van der Waals surface area contributed by atoms with E-state index in [4.69, 9.17) is 16.9 Å². The molecule has 0 aliphatic rings. The van der Waals surface area contributed by atoms with Gasteiger partial charge in [0.05, 0.1) is 17.9 Å². The Morgan fingerprint density at radius 2 is 2.21 bits per heavy atom. The summed E-state index contributed by atoms with van der Waals surface area (Å²) in [5.41, 5.74) is 0. The molecule has 2 heterocycles. The first kappa shape index (κ1) is 14.0. The number of rotatable bonds is 5. The summed E-state index contributed by atoms with van der Waals surface area (Å²) in [5.74, 6) is 0.837. The second kappa shape index (κ2) is 6.18. The molecule has 0 radical (unpaired) electrons. The summed E-state index contributed by atoms with van der Waals surface area (Å²) < 4.78 is 0. The first-order valence-corrected chi connectivity index (χ1v) is 7.46. The minimum Gasteiger partial charge on any atom is -0.355 e. The van der Waals surface area contributed by atoms with Crippen LogP contribution in [0.25, 0.3) is 10.2 Å². The van der Waals surface area contributed by atoms with Gasteiger partial charge in [0.15, 0.2) is 0 Å². The molecule has 19 heavy (non-hydrogen) atoms. The number of nitriles is 1. The smallest absolute Gasteiger partial charge is 0.225 e. The topological polar surface area (TPSA) is 52.8 Å². The van der Waals surface area contributed by atoms with Gasteiger partial charge in [0.1, 0.15) is 10.6 Å². The molecule has 0 aliphatic carbocycles. The maximum atomic E-state index is 8.73. The van der Waals surface area contributed by atoms with Gasteiger partial charge in [-0.05, 0) is 31.0 Å². The van der Waals surface area contributed by atoms with Crippen molar-refractivity contribution < 1.29 is 0 Å². The third-order valence-corrected chi connectivity index (χ3v) is 4.26. The molecule has 0 aliphatic heterocycles. The SMILES string of the molecule is CCc1cc2c(N(CC)CCC#N)nc(Cl)nc2s1. The molecule has 2 rings (SSSR count). The van der Waals surface area contributed by atoms with Crippen LogP contribution < -0.4 is 4.90 Å². The third-order valence-electron chi connectivity index (χ3n) is 2.92. The van der Waals surface area contributed by atoms with E-state index in [2.05, 4.69) is 33.9 Å². The molecule has 0 atom stereocenters. The molecule has 0 saturated carbocycles. The fraction of sp³-hybridized carbons (Fsp3) is 0.462. The Labute approximate surface area is 121 Å². The summed E-state index contributed by atoms with van der Waals surface area (Å²) in [6.45, 7) is 5.62. The van der Waals surface area contributed by atoms with Crippen LogP contribution in [-0.2, 0) is 6.42 Å². The molecular weight excluding hydrogens is 280 g/mol. The predicted octanol–water partition coefficient (Wildman–Crippen LogP) is 3.65. The Bertz CT molecular complexity index is 617. The zero-order valence-corrected chi connectivity index (χ0v) is 12.6. The third kappa shape index (κ3) is 2.96. The molecule has 2 aromatic heterocycles. The van der Waals surface area contributed by atoms with Crippen molar-refractivity contribution in [3.8, 4) is 6.07 Å². The average Bonchev–Trinajstić information content (AvgIpc) is 2.82. The zero-order valence-electron chi connectivity index (χ0n) is 11.0. The Kier molecular flexibility index (Phi) is 4.56. The summed E-state index contributed by atoms with van der Waals surface area (Å²) in [6.07, 6.45) is 1.45. The number of nitrogens with zero attached hydrogens (tertiary/aromatic N) is 4. The van der Waals surface area contributed by atoms with Gasteiger partial charge in [-0.2, -0.15) is 10.2 Å². The van der Waals surface area contributed by atoms with Crippen LogP contribution in [0.3, 0.4) is 0 Å². The maximum absolute atomic E-state index is 8.73. The number of thiophene rings is 1. The van der Waals surface area contributed by atoms with Crippen LogP contribution in [0, 0.1) is 11.3 Å². The second-order valence-corrected chi connectivity index (χ2v) is 5.54. The van der Waals surface area contributed by atoms with E-state index in [1.54, 1.807) is 11.3 Å². The molecular formula is C13H15ClN4S. The number of hydrogen-bond acceptors (Lipinski definition) is 5. The summed E-state index contributed by atoms with van der Waals surface area (Å²) in [5, 5.41) is 10.0. The lowest BCUT2D eigenvalue weighted by atomic mass is 10.3. The quantitative estimate of drug-likeness (QED) is 0.790. The Morgan fingerprint density at radius 1 is 1.42 bits per heavy atom. The number of aryl methyl sites for hydroxylation is 1. The van der Waals surface area contributed by atoms with Crippen molar-refractivity contribution in [2.75, 3.05) is 18.0 Å². The number of halogens is 1. The van der Waals surface area contributed by atoms with Gasteiger partial charge in [-0.25, -0.2) is 4.98 Å². The number of fused-ring (bicyclic) bond motifs is 1. The highest BCUT2D eigenvalue weighted by Crippen LogP contribution is 2.32. The Hall–Kier alpha value is -1.38. The van der Waals surface area contributed by atoms with Gasteiger partial charge in [-0.1, -0.05) is 6.92 Å². The lowest BCUT2D eigenvalue weighted by molar-refractivity contribution is 0.813. The molecule has 0 bridgehead atoms. The maximum Gasteiger partial charge on any atom is 0.225 e. The molecule has 0 aromatic carbocycles. The van der Waals surface area contributed by atoms with Crippen molar-refractivity contribution >= 4 is 39.0 Å². The van der Waals surface area contributed by atoms with Gasteiger partial charge in [0, 0.05) is 18.0 Å². The molecule has 0 amide bonds. The number of anilines is 1. The summed E-state index contributed by atoms with van der Waals surface area (Å²) in [4.78, 5) is 12.9. The molecule has 0 saturated heterocycles. The standard InChI is InChI=1S/C13H15ClN4S/c1-3-9-8-10-11(18(4-2)7-5-6-15)16-13(14)17-12(10)19-9/h8H,3-5,7H2,1-2H3. The van der Waals surface area contributed by atoms with E-state index in [1.165, 1.54) is 4.88 Å². The number of hydrogen-bond donors (Lipinski definition) is 0. The van der Waals surface area contributed by atoms with E-state index in [9.17, 15) is 0 Å². The highest BCUT2D eigenvalue weighted by atomic mass is 35.5. The van der Waals surface area contributed by atoms with Crippen molar-refractivity contribution in [2.45, 2.75) is 26.7 Å². The van der Waals surface area contributed by atoms with Crippen molar-refractivity contribution in [1.29, 1.82) is 5.26 Å². The highest BCUT2D eigenvalue weighted by molar-refractivity contribution is 7.18. The summed E-state index contributed by atoms with van der Waals surface area (Å²) >= 11 is 7.65. The minimum atomic E-state index is 0.266. The summed E-state index contributed by atoms with van der Waals surface area (Å²) in [7, 11) is 0. The van der Waals surface area contributed by atoms with Gasteiger partial charge in [-0.15, -0.1) is 11.3 Å². The van der Waals surface area contributed by atoms with Gasteiger partial charge in [-0.3, -0.25) is 0 Å². The molecule has 0 fully saturated rings. The Morgan fingerprint density at radius 3 is 2.84 bits per heavy atom. The monoisotopic (exact) mass is 294 g/mol. The minimum absolute atomic E-state index is 0.266.